The van der Waals surface area contributed by atoms with Crippen molar-refractivity contribution < 1.29 is 0 Å². The number of aromatic nitrogens is 3. The molecule has 0 saturated heterocycles. The van der Waals surface area contributed by atoms with Gasteiger partial charge in [-0.25, -0.2) is 0 Å². The molecule has 0 aliphatic rings. The molecule has 1 aromatic heterocycles. The maximum atomic E-state index is 4.63. The van der Waals surface area contributed by atoms with Crippen molar-refractivity contribution in [2.45, 2.75) is 27.7 Å². The molecular weight excluding hydrogens is 310 g/mol. The van der Waals surface area contributed by atoms with Gasteiger partial charge >= 0.3 is 0 Å². The Kier molecular flexibility index (Phi) is 4.93. The highest BCUT2D eigenvalue weighted by Gasteiger charge is 2.13. The molecule has 0 radical (unpaired) electrons. The van der Waals surface area contributed by atoms with E-state index < -0.39 is 0 Å². The zero-order chi connectivity index (χ0) is 17.8. The average Bonchev–Trinajstić information content (AvgIpc) is 2.59. The molecule has 0 aliphatic carbocycles. The molecular formula is C20H23N5. The molecule has 0 spiro atoms. The predicted molar refractivity (Wildman–Crippen MR) is 103 cm³/mol. The fraction of sp³-hybridized carbons (Fsp3) is 0.250. The second-order valence-corrected chi connectivity index (χ2v) is 6.03. The number of para-hydroxylation sites is 1. The van der Waals surface area contributed by atoms with Crippen molar-refractivity contribution in [3.8, 4) is 0 Å². The lowest BCUT2D eigenvalue weighted by Crippen LogP contribution is -2.20. The van der Waals surface area contributed by atoms with Crippen LogP contribution in [0.3, 0.4) is 0 Å². The molecule has 5 nitrogen and oxygen atoms in total. The topological polar surface area (TPSA) is 53.9 Å². The summed E-state index contributed by atoms with van der Waals surface area (Å²) < 4.78 is 0. The Morgan fingerprint density at radius 2 is 1.68 bits per heavy atom. The number of aryl methyl sites for hydroxylation is 3. The summed E-state index contributed by atoms with van der Waals surface area (Å²) in [6.45, 7) is 8.91. The lowest BCUT2D eigenvalue weighted by atomic mass is 10.1. The van der Waals surface area contributed by atoms with Gasteiger partial charge < -0.3 is 10.2 Å². The maximum Gasteiger partial charge on any atom is 0.234 e. The molecule has 0 saturated carbocycles. The smallest absolute Gasteiger partial charge is 0.234 e. The van der Waals surface area contributed by atoms with E-state index in [1.165, 1.54) is 5.56 Å². The van der Waals surface area contributed by atoms with E-state index in [1.807, 2.05) is 25.1 Å². The van der Waals surface area contributed by atoms with Gasteiger partial charge in [0.05, 0.1) is 0 Å². The maximum absolute atomic E-state index is 4.63. The summed E-state index contributed by atoms with van der Waals surface area (Å²) in [7, 11) is 0. The van der Waals surface area contributed by atoms with Crippen LogP contribution < -0.4 is 10.2 Å². The molecule has 0 atom stereocenters. The van der Waals surface area contributed by atoms with E-state index in [2.05, 4.69) is 76.3 Å². The number of nitrogens with zero attached hydrogens (tertiary/aromatic N) is 4. The first-order valence-electron chi connectivity index (χ1n) is 8.46. The van der Waals surface area contributed by atoms with Gasteiger partial charge in [0.15, 0.2) is 0 Å². The fourth-order valence-electron chi connectivity index (χ4n) is 2.77. The molecule has 0 amide bonds. The van der Waals surface area contributed by atoms with Gasteiger partial charge in [0, 0.05) is 17.9 Å². The molecule has 2 aromatic carbocycles. The van der Waals surface area contributed by atoms with Crippen LogP contribution in [0.1, 0.15) is 23.9 Å². The molecule has 0 unspecified atom stereocenters. The van der Waals surface area contributed by atoms with Crippen LogP contribution in [0.4, 0.5) is 23.3 Å². The van der Waals surface area contributed by atoms with E-state index in [0.29, 0.717) is 17.7 Å². The van der Waals surface area contributed by atoms with Crippen molar-refractivity contribution in [1.82, 2.24) is 15.0 Å². The summed E-state index contributed by atoms with van der Waals surface area (Å²) in [5.74, 6) is 1.89. The summed E-state index contributed by atoms with van der Waals surface area (Å²) >= 11 is 0. The Morgan fingerprint density at radius 1 is 0.920 bits per heavy atom. The number of nitrogens with one attached hydrogen (secondary N) is 1. The van der Waals surface area contributed by atoms with Crippen molar-refractivity contribution in [3.05, 3.63) is 65.5 Å². The van der Waals surface area contributed by atoms with Gasteiger partial charge in [0.2, 0.25) is 11.9 Å². The molecule has 1 heterocycles. The predicted octanol–water partition coefficient (Wildman–Crippen LogP) is 4.70. The lowest BCUT2D eigenvalue weighted by Gasteiger charge is -2.21. The van der Waals surface area contributed by atoms with Gasteiger partial charge in [0.1, 0.15) is 5.82 Å². The Balaban J connectivity index is 1.95. The Morgan fingerprint density at radius 3 is 2.36 bits per heavy atom. The average molecular weight is 333 g/mol. The van der Waals surface area contributed by atoms with Gasteiger partial charge in [0.25, 0.3) is 0 Å². The summed E-state index contributed by atoms with van der Waals surface area (Å²) in [5.41, 5.74) is 4.46. The Hall–Kier alpha value is -2.95. The third kappa shape index (κ3) is 3.94. The van der Waals surface area contributed by atoms with Gasteiger partial charge in [-0.2, -0.15) is 15.0 Å². The minimum Gasteiger partial charge on any atom is -0.324 e. The standard InChI is InChI=1S/C20H23N5/c1-5-25(17-9-7-6-8-10-17)20-22-16(4)21-19(24-20)23-18-12-11-14(2)13-15(18)3/h6-13H,5H2,1-4H3,(H,21,22,23,24). The van der Waals surface area contributed by atoms with Gasteiger partial charge in [-0.1, -0.05) is 35.9 Å². The highest BCUT2D eigenvalue weighted by atomic mass is 15.3. The second kappa shape index (κ2) is 7.30. The van der Waals surface area contributed by atoms with E-state index in [1.54, 1.807) is 0 Å². The molecule has 3 rings (SSSR count). The van der Waals surface area contributed by atoms with Crippen LogP contribution in [0.5, 0.6) is 0 Å². The number of benzene rings is 2. The first-order chi connectivity index (χ1) is 12.1. The fourth-order valence-corrected chi connectivity index (χ4v) is 2.77. The van der Waals surface area contributed by atoms with Crippen molar-refractivity contribution >= 4 is 23.3 Å². The van der Waals surface area contributed by atoms with Crippen LogP contribution in [0, 0.1) is 20.8 Å². The minimum absolute atomic E-state index is 0.559. The molecule has 0 bridgehead atoms. The first kappa shape index (κ1) is 16.9. The number of rotatable bonds is 5. The molecule has 0 aliphatic heterocycles. The van der Waals surface area contributed by atoms with Gasteiger partial charge in [-0.3, -0.25) is 0 Å². The van der Waals surface area contributed by atoms with Gasteiger partial charge in [-0.05, 0) is 51.5 Å². The van der Waals surface area contributed by atoms with E-state index in [9.17, 15) is 0 Å². The Bertz CT molecular complexity index is 861. The molecule has 5 heteroatoms. The third-order valence-corrected chi connectivity index (χ3v) is 3.99. The molecule has 128 valence electrons. The highest BCUT2D eigenvalue weighted by molar-refractivity contribution is 5.61. The SMILES string of the molecule is CCN(c1ccccc1)c1nc(C)nc(Nc2ccc(C)cc2C)n1. The monoisotopic (exact) mass is 333 g/mol. The van der Waals surface area contributed by atoms with Crippen LogP contribution in [-0.2, 0) is 0 Å². The van der Waals surface area contributed by atoms with Crippen molar-refractivity contribution in [2.24, 2.45) is 0 Å². The molecule has 3 aromatic rings. The van der Waals surface area contributed by atoms with E-state index in [4.69, 9.17) is 0 Å². The van der Waals surface area contributed by atoms with Crippen LogP contribution in [0.15, 0.2) is 48.5 Å². The van der Waals surface area contributed by atoms with Crippen LogP contribution >= 0.6 is 0 Å². The number of hydrogen-bond acceptors (Lipinski definition) is 5. The van der Waals surface area contributed by atoms with Crippen molar-refractivity contribution in [1.29, 1.82) is 0 Å². The van der Waals surface area contributed by atoms with Crippen molar-refractivity contribution in [3.63, 3.8) is 0 Å². The molecule has 25 heavy (non-hydrogen) atoms. The normalized spacial score (nSPS) is 10.6. The highest BCUT2D eigenvalue weighted by Crippen LogP contribution is 2.24. The molecule has 1 N–H and O–H groups in total. The van der Waals surface area contributed by atoms with Gasteiger partial charge in [-0.15, -0.1) is 0 Å². The summed E-state index contributed by atoms with van der Waals surface area (Å²) in [4.78, 5) is 15.7. The van der Waals surface area contributed by atoms with E-state index in [0.717, 1.165) is 23.5 Å². The Labute approximate surface area is 148 Å². The summed E-state index contributed by atoms with van der Waals surface area (Å²) in [6.07, 6.45) is 0. The third-order valence-electron chi connectivity index (χ3n) is 3.99. The largest absolute Gasteiger partial charge is 0.324 e. The zero-order valence-electron chi connectivity index (χ0n) is 15.1. The second-order valence-electron chi connectivity index (χ2n) is 6.03. The number of anilines is 4. The quantitative estimate of drug-likeness (QED) is 0.733. The van der Waals surface area contributed by atoms with E-state index >= 15 is 0 Å². The number of hydrogen-bond donors (Lipinski definition) is 1. The molecule has 0 fully saturated rings. The first-order valence-corrected chi connectivity index (χ1v) is 8.46. The lowest BCUT2D eigenvalue weighted by molar-refractivity contribution is 0.899. The minimum atomic E-state index is 0.559. The van der Waals surface area contributed by atoms with Crippen molar-refractivity contribution in [2.75, 3.05) is 16.8 Å². The van der Waals surface area contributed by atoms with Crippen LogP contribution in [0.2, 0.25) is 0 Å². The van der Waals surface area contributed by atoms with E-state index in [-0.39, 0.29) is 0 Å². The van der Waals surface area contributed by atoms with Crippen LogP contribution in [-0.4, -0.2) is 21.5 Å². The summed E-state index contributed by atoms with van der Waals surface area (Å²) in [5, 5.41) is 3.32. The van der Waals surface area contributed by atoms with Crippen LogP contribution in [0.25, 0.3) is 0 Å². The summed E-state index contributed by atoms with van der Waals surface area (Å²) in [6, 6.07) is 16.4. The zero-order valence-corrected chi connectivity index (χ0v) is 15.1.